The summed E-state index contributed by atoms with van der Waals surface area (Å²) >= 11 is 1.90. The molecule has 3 nitrogen and oxygen atoms in total. The molecular formula is C19H24O3S. The highest BCUT2D eigenvalue weighted by molar-refractivity contribution is 7.99. The Balaban J connectivity index is 2.57. The Hall–Kier alpha value is -1.81. The van der Waals surface area contributed by atoms with Gasteiger partial charge in [0.2, 0.25) is 0 Å². The molecule has 124 valence electrons. The minimum absolute atomic E-state index is 0.159. The number of hydrogen-bond donors (Lipinski definition) is 0. The minimum Gasteiger partial charge on any atom is -0.496 e. The lowest BCUT2D eigenvalue weighted by molar-refractivity contribution is 0.369. The van der Waals surface area contributed by atoms with Crippen molar-refractivity contribution >= 4 is 11.8 Å². The third-order valence-corrected chi connectivity index (χ3v) is 5.09. The molecule has 0 aliphatic rings. The summed E-state index contributed by atoms with van der Waals surface area (Å²) in [6, 6.07) is 14.3. The molecule has 0 radical (unpaired) electrons. The Morgan fingerprint density at radius 1 is 0.913 bits per heavy atom. The van der Waals surface area contributed by atoms with Crippen molar-refractivity contribution in [2.75, 3.05) is 27.1 Å². The number of thioether (sulfide) groups is 1. The van der Waals surface area contributed by atoms with Crippen LogP contribution in [0, 0.1) is 0 Å². The van der Waals surface area contributed by atoms with Gasteiger partial charge in [-0.05, 0) is 17.7 Å². The van der Waals surface area contributed by atoms with Crippen molar-refractivity contribution in [3.05, 3.63) is 53.6 Å². The quantitative estimate of drug-likeness (QED) is 0.684. The van der Waals surface area contributed by atoms with Crippen LogP contribution in [0.2, 0.25) is 0 Å². The van der Waals surface area contributed by atoms with Gasteiger partial charge in [0.05, 0.1) is 32.1 Å². The predicted octanol–water partition coefficient (Wildman–Crippen LogP) is 4.95. The molecule has 0 N–H and O–H groups in total. The summed E-state index contributed by atoms with van der Waals surface area (Å²) in [5.41, 5.74) is 2.30. The second kappa shape index (κ2) is 8.73. The van der Waals surface area contributed by atoms with Crippen LogP contribution in [0.25, 0.3) is 0 Å². The van der Waals surface area contributed by atoms with E-state index in [1.165, 1.54) is 5.56 Å². The fourth-order valence-electron chi connectivity index (χ4n) is 2.50. The Kier molecular flexibility index (Phi) is 6.66. The second-order valence-electron chi connectivity index (χ2n) is 5.11. The Labute approximate surface area is 143 Å². The van der Waals surface area contributed by atoms with Gasteiger partial charge < -0.3 is 14.2 Å². The van der Waals surface area contributed by atoms with E-state index in [9.17, 15) is 0 Å². The second-order valence-corrected chi connectivity index (χ2v) is 6.32. The third-order valence-electron chi connectivity index (χ3n) is 3.61. The van der Waals surface area contributed by atoms with Crippen molar-refractivity contribution in [2.45, 2.75) is 18.6 Å². The van der Waals surface area contributed by atoms with Crippen LogP contribution in [0.15, 0.2) is 42.5 Å². The minimum atomic E-state index is 0.159. The van der Waals surface area contributed by atoms with Gasteiger partial charge >= 0.3 is 0 Å². The molecule has 0 aromatic heterocycles. The lowest BCUT2D eigenvalue weighted by Crippen LogP contribution is -2.04. The first-order valence-electron chi connectivity index (χ1n) is 7.71. The van der Waals surface area contributed by atoms with Crippen LogP contribution < -0.4 is 14.2 Å². The number of methoxy groups -OCH3 is 3. The van der Waals surface area contributed by atoms with Crippen LogP contribution in [0.1, 0.15) is 29.7 Å². The van der Waals surface area contributed by atoms with Crippen LogP contribution in [-0.2, 0) is 0 Å². The molecule has 0 bridgehead atoms. The maximum Gasteiger partial charge on any atom is 0.130 e. The van der Waals surface area contributed by atoms with E-state index >= 15 is 0 Å². The molecule has 0 aliphatic heterocycles. The average molecular weight is 332 g/mol. The van der Waals surface area contributed by atoms with Gasteiger partial charge in [0.1, 0.15) is 17.2 Å². The zero-order valence-corrected chi connectivity index (χ0v) is 15.0. The van der Waals surface area contributed by atoms with Crippen molar-refractivity contribution < 1.29 is 14.2 Å². The normalized spacial score (nSPS) is 11.8. The van der Waals surface area contributed by atoms with E-state index < -0.39 is 0 Å². The molecule has 0 amide bonds. The first kappa shape index (κ1) is 17.5. The monoisotopic (exact) mass is 332 g/mol. The van der Waals surface area contributed by atoms with Crippen molar-refractivity contribution in [1.82, 2.24) is 0 Å². The van der Waals surface area contributed by atoms with Crippen molar-refractivity contribution in [3.8, 4) is 17.2 Å². The molecule has 0 saturated heterocycles. The maximum absolute atomic E-state index is 5.64. The number of benzene rings is 2. The molecule has 0 spiro atoms. The van der Waals surface area contributed by atoms with Crippen LogP contribution in [0.5, 0.6) is 17.2 Å². The number of ether oxygens (including phenoxy) is 3. The number of hydrogen-bond acceptors (Lipinski definition) is 4. The summed E-state index contributed by atoms with van der Waals surface area (Å²) in [6.45, 7) is 2.19. The van der Waals surface area contributed by atoms with Gasteiger partial charge in [0, 0.05) is 12.1 Å². The molecular weight excluding hydrogens is 308 g/mol. The molecule has 0 aliphatic carbocycles. The highest BCUT2D eigenvalue weighted by atomic mass is 32.2. The van der Waals surface area contributed by atoms with E-state index in [4.69, 9.17) is 14.2 Å². The first-order valence-corrected chi connectivity index (χ1v) is 8.76. The Morgan fingerprint density at radius 3 is 2.00 bits per heavy atom. The van der Waals surface area contributed by atoms with E-state index in [-0.39, 0.29) is 5.25 Å². The van der Waals surface area contributed by atoms with Crippen molar-refractivity contribution in [1.29, 1.82) is 0 Å². The van der Waals surface area contributed by atoms with E-state index in [0.29, 0.717) is 0 Å². The smallest absolute Gasteiger partial charge is 0.130 e. The van der Waals surface area contributed by atoms with Gasteiger partial charge in [-0.1, -0.05) is 37.3 Å². The lowest BCUT2D eigenvalue weighted by Gasteiger charge is -2.23. The van der Waals surface area contributed by atoms with Gasteiger partial charge in [-0.25, -0.2) is 0 Å². The molecule has 2 rings (SSSR count). The fourth-order valence-corrected chi connectivity index (χ4v) is 3.72. The fraction of sp³-hybridized carbons (Fsp3) is 0.368. The van der Waals surface area contributed by atoms with E-state index in [0.717, 1.165) is 35.0 Å². The van der Waals surface area contributed by atoms with Crippen LogP contribution in [0.4, 0.5) is 0 Å². The summed E-state index contributed by atoms with van der Waals surface area (Å²) in [4.78, 5) is 0. The Bertz CT molecular complexity index is 588. The van der Waals surface area contributed by atoms with E-state index in [1.54, 1.807) is 21.3 Å². The molecule has 23 heavy (non-hydrogen) atoms. The standard InChI is InChI=1S/C19H24O3S/c1-5-11-23-19(14-9-7-6-8-10-14)18-16(21-3)12-15(20-2)13-17(18)22-4/h6-10,12-13,19H,5,11H2,1-4H3. The molecule has 0 saturated carbocycles. The number of rotatable bonds is 8. The van der Waals surface area contributed by atoms with Crippen molar-refractivity contribution in [2.24, 2.45) is 0 Å². The summed E-state index contributed by atoms with van der Waals surface area (Å²) in [7, 11) is 5.02. The molecule has 2 aromatic carbocycles. The predicted molar refractivity (Wildman–Crippen MR) is 97.1 cm³/mol. The molecule has 0 heterocycles. The summed E-state index contributed by atoms with van der Waals surface area (Å²) in [5, 5.41) is 0.159. The van der Waals surface area contributed by atoms with Gasteiger partial charge in [-0.2, -0.15) is 0 Å². The molecule has 2 aromatic rings. The summed E-state index contributed by atoms with van der Waals surface area (Å²) in [5.74, 6) is 3.38. The van der Waals surface area contributed by atoms with E-state index in [1.807, 2.05) is 30.0 Å². The molecule has 1 unspecified atom stereocenters. The third kappa shape index (κ3) is 4.14. The summed E-state index contributed by atoms with van der Waals surface area (Å²) < 4.78 is 16.6. The van der Waals surface area contributed by atoms with Gasteiger partial charge in [-0.3, -0.25) is 0 Å². The van der Waals surface area contributed by atoms with Crippen LogP contribution >= 0.6 is 11.8 Å². The molecule has 4 heteroatoms. The van der Waals surface area contributed by atoms with Gasteiger partial charge in [-0.15, -0.1) is 11.8 Å². The highest BCUT2D eigenvalue weighted by Gasteiger charge is 2.24. The maximum atomic E-state index is 5.64. The largest absolute Gasteiger partial charge is 0.496 e. The van der Waals surface area contributed by atoms with E-state index in [2.05, 4.69) is 31.2 Å². The molecule has 0 fully saturated rings. The zero-order valence-electron chi connectivity index (χ0n) is 14.2. The topological polar surface area (TPSA) is 27.7 Å². The van der Waals surface area contributed by atoms with Gasteiger partial charge in [0.15, 0.2) is 0 Å². The van der Waals surface area contributed by atoms with Gasteiger partial charge in [0.25, 0.3) is 0 Å². The average Bonchev–Trinajstić information content (AvgIpc) is 2.62. The first-order chi connectivity index (χ1) is 11.2. The van der Waals surface area contributed by atoms with Crippen LogP contribution in [-0.4, -0.2) is 27.1 Å². The van der Waals surface area contributed by atoms with Crippen LogP contribution in [0.3, 0.4) is 0 Å². The summed E-state index contributed by atoms with van der Waals surface area (Å²) in [6.07, 6.45) is 1.12. The molecule has 1 atom stereocenters. The zero-order chi connectivity index (χ0) is 16.7. The highest BCUT2D eigenvalue weighted by Crippen LogP contribution is 2.47. The SMILES string of the molecule is CCCSC(c1ccccc1)c1c(OC)cc(OC)cc1OC. The van der Waals surface area contributed by atoms with Crippen molar-refractivity contribution in [3.63, 3.8) is 0 Å². The lowest BCUT2D eigenvalue weighted by atomic mass is 10.0. The Morgan fingerprint density at radius 2 is 1.52 bits per heavy atom.